The van der Waals surface area contributed by atoms with E-state index in [0.29, 0.717) is 12.0 Å². The lowest BCUT2D eigenvalue weighted by Gasteiger charge is -2.34. The molecular weight excluding hydrogens is 340 g/mol. The Hall–Kier alpha value is -1.44. The Labute approximate surface area is 155 Å². The monoisotopic (exact) mass is 372 g/mol. The van der Waals surface area contributed by atoms with E-state index in [-0.39, 0.29) is 30.5 Å². The largest absolute Gasteiger partial charge is 0.466 e. The summed E-state index contributed by atoms with van der Waals surface area (Å²) < 4.78 is 9.54. The van der Waals surface area contributed by atoms with Crippen LogP contribution in [0.2, 0.25) is 0 Å². The number of carbonyl (C=O) groups is 2. The van der Waals surface area contributed by atoms with Crippen LogP contribution in [0.3, 0.4) is 0 Å². The van der Waals surface area contributed by atoms with Crippen LogP contribution in [0.5, 0.6) is 0 Å². The van der Waals surface area contributed by atoms with E-state index in [1.165, 1.54) is 13.2 Å². The topological polar surface area (TPSA) is 113 Å². The molecule has 150 valence electrons. The van der Waals surface area contributed by atoms with Gasteiger partial charge in [-0.2, -0.15) is 0 Å². The second-order valence-electron chi connectivity index (χ2n) is 7.53. The molecule has 5 atom stereocenters. The highest BCUT2D eigenvalue weighted by molar-refractivity contribution is 5.82. The predicted molar refractivity (Wildman–Crippen MR) is 95.1 cm³/mol. The first-order valence-corrected chi connectivity index (χ1v) is 9.10. The highest BCUT2D eigenvalue weighted by atomic mass is 16.6. The molecule has 1 aliphatic rings. The molecule has 0 radical (unpaired) electrons. The predicted octanol–water partition coefficient (Wildman–Crippen LogP) is 1.34. The SMILES string of the molecule is COC(=O)/C=C(\C)C(O)C(C)(O)CC(C)CCCCC1OC(=O)C1CO. The maximum atomic E-state index is 11.3. The number of cyclic esters (lactones) is 1. The van der Waals surface area contributed by atoms with Gasteiger partial charge in [-0.25, -0.2) is 4.79 Å². The van der Waals surface area contributed by atoms with Crippen molar-refractivity contribution < 1.29 is 34.4 Å². The Balaban J connectivity index is 2.36. The molecule has 3 N–H and O–H groups in total. The van der Waals surface area contributed by atoms with Gasteiger partial charge < -0.3 is 24.8 Å². The molecule has 0 aliphatic carbocycles. The van der Waals surface area contributed by atoms with Crippen molar-refractivity contribution in [3.05, 3.63) is 11.6 Å². The number of methoxy groups -OCH3 is 1. The maximum absolute atomic E-state index is 11.3. The van der Waals surface area contributed by atoms with Gasteiger partial charge in [0.1, 0.15) is 18.1 Å². The number of hydrogen-bond donors (Lipinski definition) is 3. The van der Waals surface area contributed by atoms with Gasteiger partial charge in [-0.3, -0.25) is 4.79 Å². The van der Waals surface area contributed by atoms with Crippen molar-refractivity contribution in [1.82, 2.24) is 0 Å². The summed E-state index contributed by atoms with van der Waals surface area (Å²) in [6, 6.07) is 0. The van der Waals surface area contributed by atoms with E-state index in [9.17, 15) is 19.8 Å². The third-order valence-corrected chi connectivity index (χ3v) is 4.98. The highest BCUT2D eigenvalue weighted by Gasteiger charge is 2.41. The number of esters is 2. The van der Waals surface area contributed by atoms with Gasteiger partial charge in [0.05, 0.1) is 19.3 Å². The number of hydrogen-bond acceptors (Lipinski definition) is 7. The summed E-state index contributed by atoms with van der Waals surface area (Å²) >= 11 is 0. The number of rotatable bonds is 11. The molecular formula is C19H32O7. The zero-order valence-electron chi connectivity index (χ0n) is 16.1. The van der Waals surface area contributed by atoms with Crippen molar-refractivity contribution in [3.8, 4) is 0 Å². The highest BCUT2D eigenvalue weighted by Crippen LogP contribution is 2.29. The second-order valence-corrected chi connectivity index (χ2v) is 7.53. The molecule has 5 unspecified atom stereocenters. The van der Waals surface area contributed by atoms with Crippen LogP contribution in [-0.4, -0.2) is 58.8 Å². The van der Waals surface area contributed by atoms with Crippen LogP contribution in [0.4, 0.5) is 0 Å². The molecule has 1 heterocycles. The second kappa shape index (κ2) is 10.0. The van der Waals surface area contributed by atoms with Gasteiger partial charge in [0, 0.05) is 6.08 Å². The average Bonchev–Trinajstić information content (AvgIpc) is 2.56. The molecule has 0 bridgehead atoms. The molecule has 7 nitrogen and oxygen atoms in total. The molecule has 0 saturated carbocycles. The maximum Gasteiger partial charge on any atom is 0.330 e. The van der Waals surface area contributed by atoms with E-state index in [1.807, 2.05) is 6.92 Å². The summed E-state index contributed by atoms with van der Waals surface area (Å²) in [6.07, 6.45) is 3.58. The lowest BCUT2D eigenvalue weighted by molar-refractivity contribution is -0.189. The number of ether oxygens (including phenoxy) is 2. The van der Waals surface area contributed by atoms with Crippen LogP contribution in [0, 0.1) is 11.8 Å². The van der Waals surface area contributed by atoms with E-state index < -0.39 is 17.7 Å². The molecule has 1 rings (SSSR count). The molecule has 0 aromatic heterocycles. The molecule has 0 amide bonds. The number of aliphatic hydroxyl groups is 3. The molecule has 7 heteroatoms. The molecule has 1 aliphatic heterocycles. The smallest absolute Gasteiger partial charge is 0.330 e. The van der Waals surface area contributed by atoms with Gasteiger partial charge in [-0.05, 0) is 44.6 Å². The van der Waals surface area contributed by atoms with E-state index in [0.717, 1.165) is 25.7 Å². The van der Waals surface area contributed by atoms with Crippen LogP contribution in [0.25, 0.3) is 0 Å². The fraction of sp³-hybridized carbons (Fsp3) is 0.789. The lowest BCUT2D eigenvalue weighted by Crippen LogP contribution is -2.47. The van der Waals surface area contributed by atoms with E-state index in [4.69, 9.17) is 9.84 Å². The third kappa shape index (κ3) is 6.37. The minimum Gasteiger partial charge on any atom is -0.466 e. The lowest BCUT2D eigenvalue weighted by atomic mass is 9.83. The molecule has 26 heavy (non-hydrogen) atoms. The van der Waals surface area contributed by atoms with Crippen LogP contribution < -0.4 is 0 Å². The summed E-state index contributed by atoms with van der Waals surface area (Å²) in [7, 11) is 1.26. The summed E-state index contributed by atoms with van der Waals surface area (Å²) in [5, 5.41) is 30.0. The van der Waals surface area contributed by atoms with Gasteiger partial charge in [0.25, 0.3) is 0 Å². The minimum atomic E-state index is -1.35. The van der Waals surface area contributed by atoms with Crippen LogP contribution in [0.15, 0.2) is 11.6 Å². The van der Waals surface area contributed by atoms with Gasteiger partial charge >= 0.3 is 11.9 Å². The Morgan fingerprint density at radius 2 is 2.08 bits per heavy atom. The zero-order chi connectivity index (χ0) is 19.9. The first-order valence-electron chi connectivity index (χ1n) is 9.10. The van der Waals surface area contributed by atoms with Crippen molar-refractivity contribution in [2.45, 2.75) is 70.7 Å². The molecule has 1 saturated heterocycles. The van der Waals surface area contributed by atoms with Crippen molar-refractivity contribution in [3.63, 3.8) is 0 Å². The van der Waals surface area contributed by atoms with Gasteiger partial charge in [-0.1, -0.05) is 19.8 Å². The zero-order valence-corrected chi connectivity index (χ0v) is 16.1. The molecule has 1 fully saturated rings. The summed E-state index contributed by atoms with van der Waals surface area (Å²) in [5.41, 5.74) is -0.990. The van der Waals surface area contributed by atoms with Crippen LogP contribution >= 0.6 is 0 Å². The minimum absolute atomic E-state index is 0.168. The third-order valence-electron chi connectivity index (χ3n) is 4.98. The summed E-state index contributed by atoms with van der Waals surface area (Å²) in [5.74, 6) is -1.11. The van der Waals surface area contributed by atoms with Crippen molar-refractivity contribution in [2.24, 2.45) is 11.8 Å². The Bertz CT molecular complexity index is 512. The summed E-state index contributed by atoms with van der Waals surface area (Å²) in [6.45, 7) is 4.97. The van der Waals surface area contributed by atoms with Crippen molar-refractivity contribution in [1.29, 1.82) is 0 Å². The Morgan fingerprint density at radius 1 is 1.42 bits per heavy atom. The molecule has 0 aromatic rings. The van der Waals surface area contributed by atoms with Gasteiger partial charge in [-0.15, -0.1) is 0 Å². The van der Waals surface area contributed by atoms with Crippen LogP contribution in [0.1, 0.15) is 52.9 Å². The number of unbranched alkanes of at least 4 members (excludes halogenated alkanes) is 1. The van der Waals surface area contributed by atoms with Crippen LogP contribution in [-0.2, 0) is 19.1 Å². The first kappa shape index (κ1) is 22.6. The van der Waals surface area contributed by atoms with E-state index >= 15 is 0 Å². The van der Waals surface area contributed by atoms with Crippen molar-refractivity contribution in [2.75, 3.05) is 13.7 Å². The average molecular weight is 372 g/mol. The van der Waals surface area contributed by atoms with E-state index in [2.05, 4.69) is 4.74 Å². The fourth-order valence-electron chi connectivity index (χ4n) is 3.42. The molecule has 0 spiro atoms. The van der Waals surface area contributed by atoms with Gasteiger partial charge in [0.15, 0.2) is 0 Å². The summed E-state index contributed by atoms with van der Waals surface area (Å²) in [4.78, 5) is 22.4. The Morgan fingerprint density at radius 3 is 2.62 bits per heavy atom. The molecule has 0 aromatic carbocycles. The number of aliphatic hydroxyl groups excluding tert-OH is 2. The standard InChI is InChI=1S/C19H32O7/c1-12(7-5-6-8-15-14(11-20)18(23)26-15)10-19(3,24)17(22)13(2)9-16(21)25-4/h9,12,14-15,17,20,22,24H,5-8,10-11H2,1-4H3/b13-9+. The van der Waals surface area contributed by atoms with Crippen molar-refractivity contribution >= 4 is 11.9 Å². The quantitative estimate of drug-likeness (QED) is 0.285. The number of carbonyl (C=O) groups excluding carboxylic acids is 2. The first-order chi connectivity index (χ1) is 12.1. The fourth-order valence-corrected chi connectivity index (χ4v) is 3.42. The normalized spacial score (nSPS) is 24.9. The van der Waals surface area contributed by atoms with E-state index in [1.54, 1.807) is 13.8 Å². The Kier molecular flexibility index (Phi) is 8.73. The van der Waals surface area contributed by atoms with Gasteiger partial charge in [0.2, 0.25) is 0 Å².